The molecule has 2 amide bonds. The summed E-state index contributed by atoms with van der Waals surface area (Å²) >= 11 is 1.31. The summed E-state index contributed by atoms with van der Waals surface area (Å²) < 4.78 is 0. The fraction of sp³-hybridized carbons (Fsp3) is 0.368. The van der Waals surface area contributed by atoms with Crippen LogP contribution in [-0.4, -0.2) is 32.6 Å². The Morgan fingerprint density at radius 2 is 1.85 bits per heavy atom. The van der Waals surface area contributed by atoms with Crippen LogP contribution in [0.15, 0.2) is 17.5 Å². The number of imide groups is 1. The number of aryl methyl sites for hydroxylation is 1. The molecule has 2 aliphatic rings. The predicted octanol–water partition coefficient (Wildman–Crippen LogP) is 3.24. The number of nitrogens with one attached hydrogen (secondary N) is 2. The number of hydrogen-bond donors (Lipinski definition) is 2. The zero-order chi connectivity index (χ0) is 19.3. The van der Waals surface area contributed by atoms with Crippen LogP contribution in [0.1, 0.15) is 41.4 Å². The maximum Gasteiger partial charge on any atom is 0.252 e. The van der Waals surface area contributed by atoms with Gasteiger partial charge < -0.3 is 4.98 Å². The SMILES string of the molecule is CC(=O)c1c(C)[nH]c(-c2csc(NN3C(=O)[C@H]4CC=CC[C@@H]4C3=O)n2)c1C. The summed E-state index contributed by atoms with van der Waals surface area (Å²) in [5, 5.41) is 3.41. The topological polar surface area (TPSA) is 95.2 Å². The quantitative estimate of drug-likeness (QED) is 0.479. The smallest absolute Gasteiger partial charge is 0.252 e. The van der Waals surface area contributed by atoms with E-state index in [9.17, 15) is 14.4 Å². The van der Waals surface area contributed by atoms with Gasteiger partial charge in [0.1, 0.15) is 5.69 Å². The molecule has 0 radical (unpaired) electrons. The number of H-pyrrole nitrogens is 1. The molecule has 2 aromatic rings. The van der Waals surface area contributed by atoms with Gasteiger partial charge in [-0.1, -0.05) is 12.2 Å². The lowest BCUT2D eigenvalue weighted by molar-refractivity contribution is -0.138. The van der Waals surface area contributed by atoms with E-state index in [1.54, 1.807) is 6.92 Å². The molecule has 1 aliphatic carbocycles. The van der Waals surface area contributed by atoms with Crippen LogP contribution in [0.2, 0.25) is 0 Å². The third kappa shape index (κ3) is 2.80. The molecule has 2 N–H and O–H groups in total. The fourth-order valence-electron chi connectivity index (χ4n) is 3.98. The lowest BCUT2D eigenvalue weighted by Gasteiger charge is -2.14. The van der Waals surface area contributed by atoms with E-state index >= 15 is 0 Å². The zero-order valence-corrected chi connectivity index (χ0v) is 16.1. The molecule has 7 nitrogen and oxygen atoms in total. The van der Waals surface area contributed by atoms with Gasteiger partial charge in [-0.15, -0.1) is 11.3 Å². The number of aromatic amines is 1. The molecule has 140 valence electrons. The molecule has 0 saturated carbocycles. The average Bonchev–Trinajstić information content (AvgIpc) is 3.28. The number of hydrazine groups is 1. The number of ketones is 1. The first-order valence-corrected chi connectivity index (χ1v) is 9.72. The lowest BCUT2D eigenvalue weighted by Crippen LogP contribution is -2.36. The van der Waals surface area contributed by atoms with Gasteiger partial charge in [-0.3, -0.25) is 19.8 Å². The highest BCUT2D eigenvalue weighted by Gasteiger charge is 2.47. The molecule has 0 bridgehead atoms. The van der Waals surface area contributed by atoms with E-state index in [4.69, 9.17) is 0 Å². The molecule has 1 fully saturated rings. The van der Waals surface area contributed by atoms with Crippen molar-refractivity contribution in [1.29, 1.82) is 0 Å². The van der Waals surface area contributed by atoms with Crippen LogP contribution in [0.25, 0.3) is 11.4 Å². The number of aromatic nitrogens is 2. The number of nitrogens with zero attached hydrogens (tertiary/aromatic N) is 2. The summed E-state index contributed by atoms with van der Waals surface area (Å²) in [6.45, 7) is 5.28. The maximum absolute atomic E-state index is 12.6. The first kappa shape index (κ1) is 17.7. The van der Waals surface area contributed by atoms with Gasteiger partial charge in [-0.25, -0.2) is 4.98 Å². The Bertz CT molecular complexity index is 961. The molecule has 8 heteroatoms. The van der Waals surface area contributed by atoms with Crippen molar-refractivity contribution < 1.29 is 14.4 Å². The number of amides is 2. The number of thiazole rings is 1. The summed E-state index contributed by atoms with van der Waals surface area (Å²) in [6, 6.07) is 0. The van der Waals surface area contributed by atoms with Gasteiger partial charge in [0.05, 0.1) is 17.5 Å². The second-order valence-electron chi connectivity index (χ2n) is 7.00. The molecule has 27 heavy (non-hydrogen) atoms. The number of Topliss-reactive ketones (excluding diaryl/α,β-unsaturated/α-hetero) is 1. The molecule has 4 rings (SSSR count). The number of carbonyl (C=O) groups is 3. The molecule has 2 atom stereocenters. The molecule has 1 saturated heterocycles. The molecular weight excluding hydrogens is 364 g/mol. The number of anilines is 1. The minimum atomic E-state index is -0.277. The van der Waals surface area contributed by atoms with Gasteiger partial charge in [-0.2, -0.15) is 5.01 Å². The van der Waals surface area contributed by atoms with Gasteiger partial charge in [0, 0.05) is 16.6 Å². The second-order valence-corrected chi connectivity index (χ2v) is 7.86. The van der Waals surface area contributed by atoms with Crippen LogP contribution in [0.3, 0.4) is 0 Å². The molecule has 0 aromatic carbocycles. The van der Waals surface area contributed by atoms with Crippen LogP contribution in [-0.2, 0) is 9.59 Å². The van der Waals surface area contributed by atoms with E-state index in [1.165, 1.54) is 11.3 Å². The number of allylic oxidation sites excluding steroid dienone is 2. The van der Waals surface area contributed by atoms with Crippen LogP contribution in [0, 0.1) is 25.7 Å². The first-order chi connectivity index (χ1) is 12.9. The van der Waals surface area contributed by atoms with Crippen molar-refractivity contribution in [1.82, 2.24) is 15.0 Å². The van der Waals surface area contributed by atoms with Crippen LogP contribution in [0.5, 0.6) is 0 Å². The normalized spacial score (nSPS) is 21.7. The molecule has 1 aliphatic heterocycles. The standard InChI is InChI=1S/C19H20N4O3S/c1-9-15(11(3)24)10(2)20-16(9)14-8-27-19(21-14)22-23-17(25)12-6-4-5-7-13(12)18(23)26/h4-5,8,12-13,20H,6-7H2,1-3H3,(H,21,22)/t12-,13-/m0/s1. The van der Waals surface area contributed by atoms with Crippen molar-refractivity contribution in [2.45, 2.75) is 33.6 Å². The van der Waals surface area contributed by atoms with Gasteiger partial charge in [0.15, 0.2) is 5.78 Å². The summed E-state index contributed by atoms with van der Waals surface area (Å²) in [5.74, 6) is -0.944. The Labute approximate surface area is 160 Å². The predicted molar refractivity (Wildman–Crippen MR) is 102 cm³/mol. The summed E-state index contributed by atoms with van der Waals surface area (Å²) in [5.41, 5.74) is 6.66. The Kier molecular flexibility index (Phi) is 4.22. The second kappa shape index (κ2) is 6.45. The monoisotopic (exact) mass is 384 g/mol. The molecule has 2 aromatic heterocycles. The van der Waals surface area contributed by atoms with Crippen molar-refractivity contribution in [3.05, 3.63) is 34.4 Å². The number of carbonyl (C=O) groups excluding carboxylic acids is 3. The molecule has 0 spiro atoms. The lowest BCUT2D eigenvalue weighted by atomic mass is 9.85. The highest BCUT2D eigenvalue weighted by molar-refractivity contribution is 7.14. The van der Waals surface area contributed by atoms with Gasteiger partial charge in [-0.05, 0) is 39.2 Å². The Morgan fingerprint density at radius 3 is 2.41 bits per heavy atom. The zero-order valence-electron chi connectivity index (χ0n) is 15.3. The van der Waals surface area contributed by atoms with E-state index in [0.717, 1.165) is 22.0 Å². The number of fused-ring (bicyclic) bond motifs is 1. The van der Waals surface area contributed by atoms with E-state index in [-0.39, 0.29) is 29.4 Å². The first-order valence-electron chi connectivity index (χ1n) is 8.84. The Hall–Kier alpha value is -2.74. The fourth-order valence-corrected chi connectivity index (χ4v) is 4.67. The van der Waals surface area contributed by atoms with E-state index in [0.29, 0.717) is 29.2 Å². The van der Waals surface area contributed by atoms with E-state index in [2.05, 4.69) is 15.4 Å². The minimum absolute atomic E-state index is 0.00514. The van der Waals surface area contributed by atoms with Gasteiger partial charge in [0.2, 0.25) is 5.13 Å². The largest absolute Gasteiger partial charge is 0.356 e. The van der Waals surface area contributed by atoms with E-state index < -0.39 is 0 Å². The van der Waals surface area contributed by atoms with Crippen LogP contribution >= 0.6 is 11.3 Å². The highest BCUT2D eigenvalue weighted by Crippen LogP contribution is 2.36. The van der Waals surface area contributed by atoms with Crippen LogP contribution < -0.4 is 5.43 Å². The average molecular weight is 384 g/mol. The summed E-state index contributed by atoms with van der Waals surface area (Å²) in [4.78, 5) is 44.6. The third-order valence-electron chi connectivity index (χ3n) is 5.26. The summed E-state index contributed by atoms with van der Waals surface area (Å²) in [6.07, 6.45) is 5.12. The highest BCUT2D eigenvalue weighted by atomic mass is 32.1. The Balaban J connectivity index is 1.58. The molecule has 0 unspecified atom stereocenters. The maximum atomic E-state index is 12.6. The van der Waals surface area contributed by atoms with Crippen LogP contribution in [0.4, 0.5) is 5.13 Å². The summed E-state index contributed by atoms with van der Waals surface area (Å²) in [7, 11) is 0. The van der Waals surface area contributed by atoms with Crippen molar-refractivity contribution in [3.63, 3.8) is 0 Å². The number of hydrogen-bond acceptors (Lipinski definition) is 6. The number of rotatable bonds is 4. The van der Waals surface area contributed by atoms with Crippen molar-refractivity contribution in [2.75, 3.05) is 5.43 Å². The third-order valence-corrected chi connectivity index (χ3v) is 6.01. The van der Waals surface area contributed by atoms with Gasteiger partial charge >= 0.3 is 0 Å². The van der Waals surface area contributed by atoms with Crippen molar-refractivity contribution in [2.24, 2.45) is 11.8 Å². The van der Waals surface area contributed by atoms with Gasteiger partial charge in [0.25, 0.3) is 11.8 Å². The molecular formula is C19H20N4O3S. The van der Waals surface area contributed by atoms with E-state index in [1.807, 2.05) is 31.4 Å². The molecule has 3 heterocycles. The minimum Gasteiger partial charge on any atom is -0.356 e. The van der Waals surface area contributed by atoms with Crippen molar-refractivity contribution >= 4 is 34.1 Å². The van der Waals surface area contributed by atoms with Crippen molar-refractivity contribution in [3.8, 4) is 11.4 Å². The Morgan fingerprint density at radius 1 is 1.22 bits per heavy atom.